The Morgan fingerprint density at radius 1 is 1.40 bits per heavy atom. The number of nitrogens with zero attached hydrogens (tertiary/aromatic N) is 2. The topological polar surface area (TPSA) is 57.8 Å². The molecule has 2 aromatic heterocycles. The molecule has 0 atom stereocenters. The Kier molecular flexibility index (Phi) is 2.90. The standard InChI is InChI=1S/C10H11ClN2O2/c11-7-1-3-13-9(2-4-14)8(6-15)12-10(13)5-7/h1,3,5,14-15H,2,4,6H2. The zero-order valence-electron chi connectivity index (χ0n) is 8.02. The number of aromatic nitrogens is 2. The Morgan fingerprint density at radius 3 is 2.87 bits per heavy atom. The lowest BCUT2D eigenvalue weighted by atomic mass is 10.2. The van der Waals surface area contributed by atoms with Gasteiger partial charge in [0.1, 0.15) is 5.65 Å². The second kappa shape index (κ2) is 4.18. The molecule has 2 N–H and O–H groups in total. The molecule has 0 spiro atoms. The number of rotatable bonds is 3. The van der Waals surface area contributed by atoms with E-state index in [0.717, 1.165) is 5.69 Å². The summed E-state index contributed by atoms with van der Waals surface area (Å²) in [5.41, 5.74) is 2.10. The van der Waals surface area contributed by atoms with Gasteiger partial charge in [-0.2, -0.15) is 0 Å². The van der Waals surface area contributed by atoms with Gasteiger partial charge in [0.25, 0.3) is 0 Å². The Labute approximate surface area is 91.8 Å². The molecule has 0 saturated heterocycles. The Balaban J connectivity index is 2.63. The highest BCUT2D eigenvalue weighted by Crippen LogP contribution is 2.17. The van der Waals surface area contributed by atoms with Crippen LogP contribution in [0.2, 0.25) is 5.02 Å². The third-order valence-electron chi connectivity index (χ3n) is 2.27. The highest BCUT2D eigenvalue weighted by atomic mass is 35.5. The van der Waals surface area contributed by atoms with Gasteiger partial charge in [0.05, 0.1) is 18.0 Å². The average Bonchev–Trinajstić information content (AvgIpc) is 2.56. The van der Waals surface area contributed by atoms with Crippen LogP contribution in [0.3, 0.4) is 0 Å². The van der Waals surface area contributed by atoms with E-state index in [-0.39, 0.29) is 13.2 Å². The predicted molar refractivity (Wildman–Crippen MR) is 56.9 cm³/mol. The highest BCUT2D eigenvalue weighted by molar-refractivity contribution is 6.30. The summed E-state index contributed by atoms with van der Waals surface area (Å²) in [7, 11) is 0. The Morgan fingerprint density at radius 2 is 2.20 bits per heavy atom. The van der Waals surface area contributed by atoms with Crippen molar-refractivity contribution in [2.24, 2.45) is 0 Å². The molecule has 0 amide bonds. The Bertz CT molecular complexity index is 481. The van der Waals surface area contributed by atoms with Crippen molar-refractivity contribution >= 4 is 17.2 Å². The fourth-order valence-corrected chi connectivity index (χ4v) is 1.77. The van der Waals surface area contributed by atoms with E-state index >= 15 is 0 Å². The van der Waals surface area contributed by atoms with Crippen molar-refractivity contribution in [2.45, 2.75) is 13.0 Å². The molecule has 0 aliphatic carbocycles. The predicted octanol–water partition coefficient (Wildman–Crippen LogP) is 1.01. The van der Waals surface area contributed by atoms with Gasteiger partial charge in [-0.25, -0.2) is 4.98 Å². The summed E-state index contributed by atoms with van der Waals surface area (Å²) in [5, 5.41) is 18.7. The van der Waals surface area contributed by atoms with Gasteiger partial charge in [-0.05, 0) is 6.07 Å². The summed E-state index contributed by atoms with van der Waals surface area (Å²) >= 11 is 5.84. The van der Waals surface area contributed by atoms with Gasteiger partial charge in [0.2, 0.25) is 0 Å². The van der Waals surface area contributed by atoms with Crippen molar-refractivity contribution in [1.29, 1.82) is 0 Å². The summed E-state index contributed by atoms with van der Waals surface area (Å²) < 4.78 is 1.83. The number of hydrogen-bond donors (Lipinski definition) is 2. The molecule has 80 valence electrons. The van der Waals surface area contributed by atoms with E-state index in [9.17, 15) is 0 Å². The van der Waals surface area contributed by atoms with Gasteiger partial charge in [0.15, 0.2) is 0 Å². The SMILES string of the molecule is OCCc1c(CO)nc2cc(Cl)ccn12. The first-order valence-corrected chi connectivity index (χ1v) is 5.01. The molecule has 0 fully saturated rings. The molecule has 2 aromatic rings. The van der Waals surface area contributed by atoms with Crippen molar-refractivity contribution in [3.05, 3.63) is 34.7 Å². The maximum Gasteiger partial charge on any atom is 0.138 e. The summed E-state index contributed by atoms with van der Waals surface area (Å²) in [5.74, 6) is 0. The van der Waals surface area contributed by atoms with E-state index in [1.807, 2.05) is 4.40 Å². The van der Waals surface area contributed by atoms with Crippen LogP contribution in [-0.4, -0.2) is 26.2 Å². The first kappa shape index (κ1) is 10.4. The van der Waals surface area contributed by atoms with E-state index in [4.69, 9.17) is 21.8 Å². The molecule has 0 aliphatic heterocycles. The van der Waals surface area contributed by atoms with Crippen LogP contribution in [0.4, 0.5) is 0 Å². The molecule has 0 aliphatic rings. The molecule has 0 radical (unpaired) electrons. The molecule has 0 bridgehead atoms. The number of halogens is 1. The molecular weight excluding hydrogens is 216 g/mol. The molecule has 2 heterocycles. The van der Waals surface area contributed by atoms with Crippen molar-refractivity contribution < 1.29 is 10.2 Å². The van der Waals surface area contributed by atoms with Crippen molar-refractivity contribution in [3.63, 3.8) is 0 Å². The molecule has 2 rings (SSSR count). The lowest BCUT2D eigenvalue weighted by Gasteiger charge is -2.01. The zero-order chi connectivity index (χ0) is 10.8. The van der Waals surface area contributed by atoms with Gasteiger partial charge in [-0.15, -0.1) is 0 Å². The van der Waals surface area contributed by atoms with Crippen LogP contribution in [0, 0.1) is 0 Å². The van der Waals surface area contributed by atoms with Crippen LogP contribution in [0.25, 0.3) is 5.65 Å². The smallest absolute Gasteiger partial charge is 0.138 e. The van der Waals surface area contributed by atoms with E-state index in [1.165, 1.54) is 0 Å². The van der Waals surface area contributed by atoms with Gasteiger partial charge in [-0.1, -0.05) is 11.6 Å². The monoisotopic (exact) mass is 226 g/mol. The van der Waals surface area contributed by atoms with E-state index < -0.39 is 0 Å². The summed E-state index contributed by atoms with van der Waals surface area (Å²) in [6, 6.07) is 3.47. The molecule has 0 saturated carbocycles. The van der Waals surface area contributed by atoms with Crippen molar-refractivity contribution in [3.8, 4) is 0 Å². The number of hydrogen-bond acceptors (Lipinski definition) is 3. The van der Waals surface area contributed by atoms with Gasteiger partial charge >= 0.3 is 0 Å². The minimum atomic E-state index is -0.130. The van der Waals surface area contributed by atoms with E-state index in [2.05, 4.69) is 4.98 Å². The third-order valence-corrected chi connectivity index (χ3v) is 2.50. The highest BCUT2D eigenvalue weighted by Gasteiger charge is 2.10. The molecule has 15 heavy (non-hydrogen) atoms. The van der Waals surface area contributed by atoms with Crippen LogP contribution >= 0.6 is 11.6 Å². The summed E-state index contributed by atoms with van der Waals surface area (Å²) in [6.07, 6.45) is 2.26. The molecule has 0 aromatic carbocycles. The second-order valence-electron chi connectivity index (χ2n) is 3.21. The normalized spacial score (nSPS) is 11.1. The first-order valence-electron chi connectivity index (χ1n) is 4.63. The lowest BCUT2D eigenvalue weighted by Crippen LogP contribution is -2.00. The largest absolute Gasteiger partial charge is 0.396 e. The summed E-state index contributed by atoms with van der Waals surface area (Å²) in [6.45, 7) is -0.0992. The van der Waals surface area contributed by atoms with Crippen LogP contribution in [0.15, 0.2) is 18.3 Å². The average molecular weight is 227 g/mol. The third kappa shape index (κ3) is 1.84. The molecule has 4 nitrogen and oxygen atoms in total. The van der Waals surface area contributed by atoms with Gasteiger partial charge < -0.3 is 14.6 Å². The first-order chi connectivity index (χ1) is 7.26. The van der Waals surface area contributed by atoms with Crippen molar-refractivity contribution in [2.75, 3.05) is 6.61 Å². The zero-order valence-corrected chi connectivity index (χ0v) is 8.78. The van der Waals surface area contributed by atoms with Crippen LogP contribution in [0.5, 0.6) is 0 Å². The number of fused-ring (bicyclic) bond motifs is 1. The maximum absolute atomic E-state index is 9.12. The van der Waals surface area contributed by atoms with E-state index in [0.29, 0.717) is 22.8 Å². The number of aliphatic hydroxyl groups is 2. The molecule has 5 heteroatoms. The fourth-order valence-electron chi connectivity index (χ4n) is 1.62. The van der Waals surface area contributed by atoms with Crippen LogP contribution in [-0.2, 0) is 13.0 Å². The van der Waals surface area contributed by atoms with Crippen LogP contribution in [0.1, 0.15) is 11.4 Å². The van der Waals surface area contributed by atoms with Gasteiger partial charge in [-0.3, -0.25) is 0 Å². The number of pyridine rings is 1. The number of aliphatic hydroxyl groups excluding tert-OH is 2. The quantitative estimate of drug-likeness (QED) is 0.822. The minimum Gasteiger partial charge on any atom is -0.396 e. The summed E-state index contributed by atoms with van der Waals surface area (Å²) in [4.78, 5) is 4.23. The van der Waals surface area contributed by atoms with Crippen LogP contribution < -0.4 is 0 Å². The molecule has 0 unspecified atom stereocenters. The van der Waals surface area contributed by atoms with Gasteiger partial charge in [0, 0.05) is 30.3 Å². The number of imidazole rings is 1. The van der Waals surface area contributed by atoms with E-state index in [1.54, 1.807) is 18.3 Å². The maximum atomic E-state index is 9.12. The minimum absolute atomic E-state index is 0.0312. The molecular formula is C10H11ClN2O2. The Hall–Kier alpha value is -1.10. The van der Waals surface area contributed by atoms with Crippen molar-refractivity contribution in [1.82, 2.24) is 9.38 Å². The fraction of sp³-hybridized carbons (Fsp3) is 0.300. The lowest BCUT2D eigenvalue weighted by molar-refractivity contribution is 0.271. The second-order valence-corrected chi connectivity index (χ2v) is 3.65.